The lowest BCUT2D eigenvalue weighted by molar-refractivity contribution is -0.167. The summed E-state index contributed by atoms with van der Waals surface area (Å²) in [6.45, 7) is 6.51. The molecule has 1 atom stereocenters. The first kappa shape index (κ1) is 73.1. The van der Waals surface area contributed by atoms with Crippen LogP contribution in [0.1, 0.15) is 303 Å². The topological polar surface area (TPSA) is 78.9 Å². The lowest BCUT2D eigenvalue weighted by Crippen LogP contribution is -2.30. The quantitative estimate of drug-likeness (QED) is 0.0261. The summed E-state index contributed by atoms with van der Waals surface area (Å²) in [6.07, 6.45) is 88.0. The predicted molar refractivity (Wildman–Crippen MR) is 334 cm³/mol. The maximum Gasteiger partial charge on any atom is 0.306 e. The van der Waals surface area contributed by atoms with E-state index in [1.54, 1.807) is 0 Å². The highest BCUT2D eigenvalue weighted by Gasteiger charge is 2.19. The predicted octanol–water partition coefficient (Wildman–Crippen LogP) is 22.2. The van der Waals surface area contributed by atoms with E-state index in [2.05, 4.69) is 130 Å². The van der Waals surface area contributed by atoms with Crippen LogP contribution in [0.25, 0.3) is 0 Å². The Hall–Kier alpha value is -3.93. The fourth-order valence-corrected chi connectivity index (χ4v) is 8.92. The van der Waals surface area contributed by atoms with Crippen LogP contribution in [0.5, 0.6) is 0 Å². The Bertz CT molecular complexity index is 1560. The highest BCUT2D eigenvalue weighted by Crippen LogP contribution is 2.16. The van der Waals surface area contributed by atoms with E-state index in [0.29, 0.717) is 19.3 Å². The zero-order valence-corrected chi connectivity index (χ0v) is 50.4. The van der Waals surface area contributed by atoms with E-state index in [4.69, 9.17) is 14.2 Å². The molecule has 0 aliphatic heterocycles. The van der Waals surface area contributed by atoms with Crippen LogP contribution in [0, 0.1) is 0 Å². The van der Waals surface area contributed by atoms with Crippen LogP contribution in [-0.4, -0.2) is 37.2 Å². The largest absolute Gasteiger partial charge is 0.462 e. The van der Waals surface area contributed by atoms with Gasteiger partial charge < -0.3 is 14.2 Å². The molecule has 0 rings (SSSR count). The second-order valence-electron chi connectivity index (χ2n) is 21.3. The maximum atomic E-state index is 12.9. The van der Waals surface area contributed by atoms with E-state index in [1.165, 1.54) is 141 Å². The second-order valence-corrected chi connectivity index (χ2v) is 21.3. The van der Waals surface area contributed by atoms with Gasteiger partial charge in [-0.15, -0.1) is 0 Å². The first-order valence-electron chi connectivity index (χ1n) is 32.4. The van der Waals surface area contributed by atoms with Crippen molar-refractivity contribution in [1.82, 2.24) is 0 Å². The van der Waals surface area contributed by atoms with Gasteiger partial charge in [-0.25, -0.2) is 0 Å². The fraction of sp³-hybridized carbons (Fsp3) is 0.704. The van der Waals surface area contributed by atoms with Gasteiger partial charge in [-0.3, -0.25) is 14.4 Å². The molecule has 0 saturated carbocycles. The van der Waals surface area contributed by atoms with Gasteiger partial charge in [0.15, 0.2) is 6.10 Å². The summed E-state index contributed by atoms with van der Waals surface area (Å²) in [6, 6.07) is 0. The van der Waals surface area contributed by atoms with Crippen molar-refractivity contribution < 1.29 is 28.6 Å². The van der Waals surface area contributed by atoms with Crippen molar-refractivity contribution >= 4 is 17.9 Å². The van der Waals surface area contributed by atoms with Crippen molar-refractivity contribution in [3.63, 3.8) is 0 Å². The van der Waals surface area contributed by atoms with Gasteiger partial charge >= 0.3 is 17.9 Å². The van der Waals surface area contributed by atoms with Crippen LogP contribution >= 0.6 is 0 Å². The molecule has 1 unspecified atom stereocenters. The highest BCUT2D eigenvalue weighted by atomic mass is 16.6. The van der Waals surface area contributed by atoms with Crippen molar-refractivity contribution in [3.05, 3.63) is 109 Å². The van der Waals surface area contributed by atoms with Crippen molar-refractivity contribution in [2.75, 3.05) is 13.2 Å². The highest BCUT2D eigenvalue weighted by molar-refractivity contribution is 5.71. The molecule has 6 nitrogen and oxygen atoms in total. The molecule has 0 N–H and O–H groups in total. The Morgan fingerprint density at radius 2 is 0.506 bits per heavy atom. The van der Waals surface area contributed by atoms with E-state index in [-0.39, 0.29) is 31.1 Å². The van der Waals surface area contributed by atoms with E-state index in [1.807, 2.05) is 0 Å². The molecule has 0 aliphatic carbocycles. The number of rotatable bonds is 58. The van der Waals surface area contributed by atoms with Crippen molar-refractivity contribution in [3.8, 4) is 0 Å². The van der Waals surface area contributed by atoms with Crippen LogP contribution in [0.2, 0.25) is 0 Å². The van der Waals surface area contributed by atoms with E-state index < -0.39 is 6.10 Å². The zero-order chi connectivity index (χ0) is 55.7. The number of ether oxygens (including phenoxy) is 3. The SMILES string of the molecule is CC/C=C\C/C=C\C/C=C\C/C=C\C/C=C\C/C=C\C/C=C\CCCCCCCCCC(=O)OCC(COC(=O)CCCCCCCCCCCCCC)OC(=O)CCCCCCCCC/C=C\C/C=C\CCCCCC. The molecule has 440 valence electrons. The van der Waals surface area contributed by atoms with Gasteiger partial charge in [-0.05, 0) is 109 Å². The summed E-state index contributed by atoms with van der Waals surface area (Å²) in [5.74, 6) is -0.895. The molecule has 0 aromatic carbocycles. The Morgan fingerprint density at radius 3 is 0.805 bits per heavy atom. The average molecular weight is 1070 g/mol. The molecule has 6 heteroatoms. The number of carbonyl (C=O) groups excluding carboxylic acids is 3. The average Bonchev–Trinajstić information content (AvgIpc) is 3.43. The van der Waals surface area contributed by atoms with Gasteiger partial charge in [-0.2, -0.15) is 0 Å². The smallest absolute Gasteiger partial charge is 0.306 e. The number of allylic oxidation sites excluding steroid dienone is 18. The van der Waals surface area contributed by atoms with Crippen molar-refractivity contribution in [1.29, 1.82) is 0 Å². The third kappa shape index (κ3) is 62.8. The molecule has 0 amide bonds. The van der Waals surface area contributed by atoms with Crippen LogP contribution < -0.4 is 0 Å². The van der Waals surface area contributed by atoms with Gasteiger partial charge in [-0.1, -0.05) is 284 Å². The maximum absolute atomic E-state index is 12.9. The molecular formula is C71H120O6. The Morgan fingerprint density at radius 1 is 0.273 bits per heavy atom. The zero-order valence-electron chi connectivity index (χ0n) is 50.4. The third-order valence-corrected chi connectivity index (χ3v) is 13.8. The Kier molecular flexibility index (Phi) is 61.3. The van der Waals surface area contributed by atoms with E-state index in [9.17, 15) is 14.4 Å². The number of carbonyl (C=O) groups is 3. The van der Waals surface area contributed by atoms with Crippen LogP contribution in [-0.2, 0) is 28.6 Å². The van der Waals surface area contributed by atoms with E-state index >= 15 is 0 Å². The molecule has 77 heavy (non-hydrogen) atoms. The number of hydrogen-bond donors (Lipinski definition) is 0. The minimum atomic E-state index is -0.787. The lowest BCUT2D eigenvalue weighted by atomic mass is 10.0. The van der Waals surface area contributed by atoms with Crippen LogP contribution in [0.3, 0.4) is 0 Å². The first-order chi connectivity index (χ1) is 38.0. The van der Waals surface area contributed by atoms with Crippen molar-refractivity contribution in [2.24, 2.45) is 0 Å². The molecule has 0 aromatic rings. The summed E-state index contributed by atoms with van der Waals surface area (Å²) in [5, 5.41) is 0. The standard InChI is InChI=1S/C71H120O6/c1-4-7-10-13-16-19-22-25-27-29-31-32-33-34-35-36-37-38-39-40-41-43-44-46-49-52-55-58-61-64-70(73)76-67-68(66-75-69(72)63-60-57-54-51-48-24-21-18-15-12-9-6-3)77-71(74)65-62-59-56-53-50-47-45-42-30-28-26-23-20-17-14-11-8-5-2/h7,10,16,19-20,23,25,27-28,30-32,34-35,37-38,40-41,68H,4-6,8-9,11-15,17-18,21-22,24,26,29,33,36,39,42-67H2,1-3H3/b10-7-,19-16-,23-20-,27-25-,30-28-,32-31-,35-34-,38-37-,41-40-. The molecular weight excluding hydrogens is 949 g/mol. The summed E-state index contributed by atoms with van der Waals surface area (Å²) < 4.78 is 16.9. The number of unbranched alkanes of at least 4 members (excludes halogenated alkanes) is 29. The van der Waals surface area contributed by atoms with Crippen molar-refractivity contribution in [2.45, 2.75) is 309 Å². The minimum absolute atomic E-state index is 0.0829. The minimum Gasteiger partial charge on any atom is -0.462 e. The monoisotopic (exact) mass is 1070 g/mol. The first-order valence-corrected chi connectivity index (χ1v) is 32.4. The van der Waals surface area contributed by atoms with Gasteiger partial charge in [0.1, 0.15) is 13.2 Å². The van der Waals surface area contributed by atoms with E-state index in [0.717, 1.165) is 122 Å². The van der Waals surface area contributed by atoms with Gasteiger partial charge in [0.25, 0.3) is 0 Å². The van der Waals surface area contributed by atoms with Gasteiger partial charge in [0, 0.05) is 19.3 Å². The van der Waals surface area contributed by atoms with Crippen LogP contribution in [0.15, 0.2) is 109 Å². The van der Waals surface area contributed by atoms with Gasteiger partial charge in [0.2, 0.25) is 0 Å². The Balaban J connectivity index is 4.32. The fourth-order valence-electron chi connectivity index (χ4n) is 8.92. The second kappa shape index (κ2) is 64.6. The molecule has 0 heterocycles. The normalized spacial score (nSPS) is 12.8. The number of esters is 3. The summed E-state index contributed by atoms with van der Waals surface area (Å²) >= 11 is 0. The number of hydrogen-bond acceptors (Lipinski definition) is 6. The Labute approximate surface area is 476 Å². The molecule has 0 bridgehead atoms. The summed E-state index contributed by atoms with van der Waals surface area (Å²) in [4.78, 5) is 38.3. The van der Waals surface area contributed by atoms with Gasteiger partial charge in [0.05, 0.1) is 0 Å². The molecule has 0 aromatic heterocycles. The third-order valence-electron chi connectivity index (χ3n) is 13.8. The molecule has 0 fully saturated rings. The van der Waals surface area contributed by atoms with Crippen LogP contribution in [0.4, 0.5) is 0 Å². The molecule has 0 aliphatic rings. The molecule has 0 spiro atoms. The molecule has 0 saturated heterocycles. The summed E-state index contributed by atoms with van der Waals surface area (Å²) in [5.41, 5.74) is 0. The lowest BCUT2D eigenvalue weighted by Gasteiger charge is -2.18. The molecule has 0 radical (unpaired) electrons. The summed E-state index contributed by atoms with van der Waals surface area (Å²) in [7, 11) is 0.